The average Bonchev–Trinajstić information content (AvgIpc) is 3.30. The van der Waals surface area contributed by atoms with Gasteiger partial charge in [0.25, 0.3) is 0 Å². The van der Waals surface area contributed by atoms with E-state index in [0.29, 0.717) is 33.9 Å². The Morgan fingerprint density at radius 1 is 0.971 bits per heavy atom. The lowest BCUT2D eigenvalue weighted by atomic mass is 9.99. The van der Waals surface area contributed by atoms with E-state index in [1.165, 1.54) is 11.8 Å². The van der Waals surface area contributed by atoms with Crippen LogP contribution in [0.4, 0.5) is 0 Å². The normalized spacial score (nSPS) is 15.7. The number of aromatic nitrogens is 3. The molecule has 4 aromatic rings. The highest BCUT2D eigenvalue weighted by atomic mass is 35.5. The van der Waals surface area contributed by atoms with E-state index >= 15 is 0 Å². The van der Waals surface area contributed by atoms with Crippen LogP contribution < -0.4 is 9.47 Å². The largest absolute Gasteiger partial charge is 0.496 e. The van der Waals surface area contributed by atoms with Gasteiger partial charge in [-0.1, -0.05) is 48.0 Å². The van der Waals surface area contributed by atoms with Crippen molar-refractivity contribution in [3.8, 4) is 34.3 Å². The third-order valence-corrected chi connectivity index (χ3v) is 7.35. The fraction of sp³-hybridized carbons (Fsp3) is 0.222. The standard InChI is InChI=1S/C27H24ClN3O3S/c1-33-24-16-11-18(28)17-22(24)26-29-30-27(35-25-10-6-5-9-23(25)32)31(26)19-12-14-21(15-13-19)34-20-7-3-2-4-8-20/h2-4,7-8,11-17,25H,5-6,9-10H2,1H3/t25-/m0/s1. The quantitative estimate of drug-likeness (QED) is 0.269. The van der Waals surface area contributed by atoms with Gasteiger partial charge in [0.15, 0.2) is 11.0 Å². The molecule has 0 saturated heterocycles. The summed E-state index contributed by atoms with van der Waals surface area (Å²) in [5.41, 5.74) is 1.57. The Bertz CT molecular complexity index is 1330. The average molecular weight is 506 g/mol. The Labute approximate surface area is 213 Å². The van der Waals surface area contributed by atoms with Crippen LogP contribution in [0, 0.1) is 0 Å². The number of ketones is 1. The third kappa shape index (κ3) is 5.21. The summed E-state index contributed by atoms with van der Waals surface area (Å²) >= 11 is 7.79. The van der Waals surface area contributed by atoms with E-state index in [0.717, 1.165) is 36.3 Å². The molecule has 6 nitrogen and oxygen atoms in total. The predicted molar refractivity (Wildman–Crippen MR) is 138 cm³/mol. The second kappa shape index (κ2) is 10.5. The number of hydrogen-bond donors (Lipinski definition) is 0. The smallest absolute Gasteiger partial charge is 0.196 e. The fourth-order valence-corrected chi connectivity index (χ4v) is 5.44. The Morgan fingerprint density at radius 3 is 2.49 bits per heavy atom. The minimum absolute atomic E-state index is 0.124. The summed E-state index contributed by atoms with van der Waals surface area (Å²) in [4.78, 5) is 12.6. The number of ether oxygens (including phenoxy) is 2. The van der Waals surface area contributed by atoms with Gasteiger partial charge in [0.2, 0.25) is 0 Å². The molecule has 1 aliphatic rings. The number of para-hydroxylation sites is 1. The molecule has 5 rings (SSSR count). The SMILES string of the molecule is COc1ccc(Cl)cc1-c1nnc(S[C@H]2CCCCC2=O)n1-c1ccc(Oc2ccccc2)cc1. The lowest BCUT2D eigenvalue weighted by Crippen LogP contribution is -2.21. The third-order valence-electron chi connectivity index (χ3n) is 5.86. The summed E-state index contributed by atoms with van der Waals surface area (Å²) in [6, 6.07) is 22.7. The number of rotatable bonds is 7. The molecule has 1 fully saturated rings. The van der Waals surface area contributed by atoms with E-state index in [4.69, 9.17) is 21.1 Å². The lowest BCUT2D eigenvalue weighted by Gasteiger charge is -2.20. The Kier molecular flexibility index (Phi) is 7.06. The van der Waals surface area contributed by atoms with Crippen LogP contribution >= 0.6 is 23.4 Å². The first-order valence-electron chi connectivity index (χ1n) is 11.4. The zero-order chi connectivity index (χ0) is 24.2. The van der Waals surface area contributed by atoms with Crippen LogP contribution in [0.1, 0.15) is 25.7 Å². The summed E-state index contributed by atoms with van der Waals surface area (Å²) in [6.45, 7) is 0. The van der Waals surface area contributed by atoms with Gasteiger partial charge < -0.3 is 9.47 Å². The van der Waals surface area contributed by atoms with Crippen molar-refractivity contribution in [2.24, 2.45) is 0 Å². The molecule has 0 unspecified atom stereocenters. The van der Waals surface area contributed by atoms with E-state index in [9.17, 15) is 4.79 Å². The number of halogens is 1. The molecule has 178 valence electrons. The van der Waals surface area contributed by atoms with E-state index in [-0.39, 0.29) is 11.0 Å². The highest BCUT2D eigenvalue weighted by molar-refractivity contribution is 8.00. The summed E-state index contributed by atoms with van der Waals surface area (Å²) in [6.07, 6.45) is 3.46. The molecule has 0 spiro atoms. The molecule has 0 radical (unpaired) electrons. The van der Waals surface area contributed by atoms with Crippen molar-refractivity contribution in [2.75, 3.05) is 7.11 Å². The van der Waals surface area contributed by atoms with Gasteiger partial charge >= 0.3 is 0 Å². The van der Waals surface area contributed by atoms with Gasteiger partial charge in [0, 0.05) is 11.4 Å². The van der Waals surface area contributed by atoms with Crippen molar-refractivity contribution < 1.29 is 14.3 Å². The van der Waals surface area contributed by atoms with E-state index in [1.807, 2.05) is 71.3 Å². The summed E-state index contributed by atoms with van der Waals surface area (Å²) in [7, 11) is 1.61. The van der Waals surface area contributed by atoms with Crippen molar-refractivity contribution in [1.29, 1.82) is 0 Å². The Balaban J connectivity index is 1.55. The molecule has 1 aliphatic carbocycles. The number of carbonyl (C=O) groups excluding carboxylic acids is 1. The van der Waals surface area contributed by atoms with Gasteiger partial charge in [-0.25, -0.2) is 0 Å². The van der Waals surface area contributed by atoms with Gasteiger partial charge in [0.1, 0.15) is 23.0 Å². The number of carbonyl (C=O) groups is 1. The topological polar surface area (TPSA) is 66.2 Å². The van der Waals surface area contributed by atoms with Crippen LogP contribution in [0.15, 0.2) is 78.0 Å². The zero-order valence-electron chi connectivity index (χ0n) is 19.2. The maximum Gasteiger partial charge on any atom is 0.196 e. The molecular formula is C27H24ClN3O3S. The van der Waals surface area contributed by atoms with Crippen LogP contribution in [-0.2, 0) is 4.79 Å². The molecule has 0 aliphatic heterocycles. The Morgan fingerprint density at radius 2 is 1.74 bits per heavy atom. The molecule has 0 N–H and O–H groups in total. The number of nitrogens with zero attached hydrogens (tertiary/aromatic N) is 3. The van der Waals surface area contributed by atoms with E-state index < -0.39 is 0 Å². The van der Waals surface area contributed by atoms with Crippen LogP contribution in [0.5, 0.6) is 17.2 Å². The predicted octanol–water partition coefficient (Wildman–Crippen LogP) is 6.99. The second-order valence-corrected chi connectivity index (χ2v) is 9.82. The minimum atomic E-state index is -0.124. The molecule has 0 bridgehead atoms. The maximum atomic E-state index is 12.6. The molecule has 0 amide bonds. The van der Waals surface area contributed by atoms with Crippen LogP contribution in [-0.4, -0.2) is 32.9 Å². The van der Waals surface area contributed by atoms with Crippen molar-refractivity contribution >= 4 is 29.1 Å². The van der Waals surface area contributed by atoms with Gasteiger partial charge in [-0.3, -0.25) is 9.36 Å². The van der Waals surface area contributed by atoms with Crippen LogP contribution in [0.3, 0.4) is 0 Å². The fourth-order valence-electron chi connectivity index (χ4n) is 4.10. The number of hydrogen-bond acceptors (Lipinski definition) is 6. The monoisotopic (exact) mass is 505 g/mol. The maximum absolute atomic E-state index is 12.6. The molecule has 1 aromatic heterocycles. The number of Topliss-reactive ketones (excluding diaryl/α,β-unsaturated/α-hetero) is 1. The van der Waals surface area contributed by atoms with Crippen molar-refractivity contribution in [3.63, 3.8) is 0 Å². The molecular weight excluding hydrogens is 482 g/mol. The summed E-state index contributed by atoms with van der Waals surface area (Å²) < 4.78 is 13.5. The first-order chi connectivity index (χ1) is 17.1. The van der Waals surface area contributed by atoms with Gasteiger partial charge in [-0.05, 0) is 67.4 Å². The van der Waals surface area contributed by atoms with Crippen molar-refractivity contribution in [2.45, 2.75) is 36.1 Å². The van der Waals surface area contributed by atoms with Crippen molar-refractivity contribution in [3.05, 3.63) is 77.8 Å². The highest BCUT2D eigenvalue weighted by Crippen LogP contribution is 2.38. The van der Waals surface area contributed by atoms with Gasteiger partial charge in [0.05, 0.1) is 23.6 Å². The molecule has 3 aromatic carbocycles. The zero-order valence-corrected chi connectivity index (χ0v) is 20.8. The molecule has 8 heteroatoms. The molecule has 1 atom stereocenters. The lowest BCUT2D eigenvalue weighted by molar-refractivity contribution is -0.119. The summed E-state index contributed by atoms with van der Waals surface area (Å²) in [5, 5.41) is 10.1. The van der Waals surface area contributed by atoms with Crippen molar-refractivity contribution in [1.82, 2.24) is 14.8 Å². The van der Waals surface area contributed by atoms with E-state index in [1.54, 1.807) is 13.2 Å². The van der Waals surface area contributed by atoms with Gasteiger partial charge in [-0.2, -0.15) is 0 Å². The van der Waals surface area contributed by atoms with Crippen LogP contribution in [0.25, 0.3) is 17.1 Å². The number of methoxy groups -OCH3 is 1. The molecule has 1 saturated carbocycles. The first kappa shape index (κ1) is 23.5. The first-order valence-corrected chi connectivity index (χ1v) is 12.7. The van der Waals surface area contributed by atoms with Crippen LogP contribution in [0.2, 0.25) is 5.02 Å². The Hall–Kier alpha value is -3.29. The van der Waals surface area contributed by atoms with Gasteiger partial charge in [-0.15, -0.1) is 10.2 Å². The molecule has 1 heterocycles. The second-order valence-electron chi connectivity index (χ2n) is 8.21. The highest BCUT2D eigenvalue weighted by Gasteiger charge is 2.27. The molecule has 35 heavy (non-hydrogen) atoms. The van der Waals surface area contributed by atoms with E-state index in [2.05, 4.69) is 10.2 Å². The number of thioether (sulfide) groups is 1. The number of benzene rings is 3. The summed E-state index contributed by atoms with van der Waals surface area (Å²) in [5.74, 6) is 2.97. The minimum Gasteiger partial charge on any atom is -0.496 e.